The fraction of sp³-hybridized carbons (Fsp3) is 0.238. The molecule has 0 aliphatic carbocycles. The smallest absolute Gasteiger partial charge is 0.307 e. The summed E-state index contributed by atoms with van der Waals surface area (Å²) in [4.78, 5) is 14.7. The molecule has 0 saturated carbocycles. The van der Waals surface area contributed by atoms with E-state index in [1.165, 1.54) is 10.7 Å². The van der Waals surface area contributed by atoms with Crippen molar-refractivity contribution in [1.29, 1.82) is 0 Å². The molecule has 1 amide bonds. The van der Waals surface area contributed by atoms with Crippen LogP contribution in [-0.4, -0.2) is 22.2 Å². The predicted molar refractivity (Wildman–Crippen MR) is 99.7 cm³/mol. The predicted octanol–water partition coefficient (Wildman–Crippen LogP) is 4.79. The number of nitrogens with zero attached hydrogens (tertiary/aromatic N) is 3. The normalized spacial score (nSPS) is 14.1. The number of hydrogen-bond acceptors (Lipinski definition) is 2. The molecule has 2 heterocycles. The zero-order valence-corrected chi connectivity index (χ0v) is 15.2. The van der Waals surface area contributed by atoms with Crippen LogP contribution in [0.1, 0.15) is 33.7 Å². The van der Waals surface area contributed by atoms with E-state index in [4.69, 9.17) is 0 Å². The van der Waals surface area contributed by atoms with Gasteiger partial charge in [0, 0.05) is 17.9 Å². The molecular formula is C21H18F3N3O. The Morgan fingerprint density at radius 1 is 1.07 bits per heavy atom. The summed E-state index contributed by atoms with van der Waals surface area (Å²) in [5.41, 5.74) is 2.30. The van der Waals surface area contributed by atoms with E-state index in [0.29, 0.717) is 12.2 Å². The van der Waals surface area contributed by atoms with Crippen molar-refractivity contribution in [2.75, 3.05) is 11.4 Å². The molecule has 0 spiro atoms. The number of hydrogen-bond donors (Lipinski definition) is 0. The molecule has 0 unspecified atom stereocenters. The van der Waals surface area contributed by atoms with Crippen molar-refractivity contribution >= 4 is 11.6 Å². The molecule has 0 bridgehead atoms. The zero-order valence-electron chi connectivity index (χ0n) is 15.2. The van der Waals surface area contributed by atoms with Crippen molar-refractivity contribution in [3.05, 3.63) is 77.1 Å². The van der Waals surface area contributed by atoms with Crippen molar-refractivity contribution in [1.82, 2.24) is 9.78 Å². The van der Waals surface area contributed by atoms with Gasteiger partial charge in [0.2, 0.25) is 0 Å². The number of aryl methyl sites for hydroxylation is 2. The van der Waals surface area contributed by atoms with Gasteiger partial charge in [-0.1, -0.05) is 24.3 Å². The largest absolute Gasteiger partial charge is 0.416 e. The van der Waals surface area contributed by atoms with Gasteiger partial charge >= 0.3 is 6.18 Å². The minimum Gasteiger partial charge on any atom is -0.307 e. The molecule has 4 rings (SSSR count). The lowest BCUT2D eigenvalue weighted by Gasteiger charge is -2.28. The first kappa shape index (κ1) is 18.3. The van der Waals surface area contributed by atoms with Crippen LogP contribution in [0, 0.1) is 6.92 Å². The average Bonchev–Trinajstić information content (AvgIpc) is 3.08. The third-order valence-electron chi connectivity index (χ3n) is 4.88. The Kier molecular flexibility index (Phi) is 4.45. The molecule has 1 aliphatic heterocycles. The molecule has 0 fully saturated rings. The Balaban J connectivity index is 1.69. The Bertz CT molecular complexity index is 1040. The van der Waals surface area contributed by atoms with Crippen LogP contribution in [0.3, 0.4) is 0 Å². The molecule has 7 heteroatoms. The quantitative estimate of drug-likeness (QED) is 0.636. The van der Waals surface area contributed by atoms with Crippen LogP contribution in [0.5, 0.6) is 0 Å². The lowest BCUT2D eigenvalue weighted by molar-refractivity contribution is -0.137. The molecule has 0 radical (unpaired) electrons. The highest BCUT2D eigenvalue weighted by atomic mass is 19.4. The van der Waals surface area contributed by atoms with Crippen LogP contribution in [0.15, 0.2) is 54.6 Å². The molecule has 1 aromatic heterocycles. The highest BCUT2D eigenvalue weighted by molar-refractivity contribution is 6.05. The fourth-order valence-electron chi connectivity index (χ4n) is 3.54. The fourth-order valence-corrected chi connectivity index (χ4v) is 3.54. The van der Waals surface area contributed by atoms with E-state index in [2.05, 4.69) is 5.10 Å². The lowest BCUT2D eigenvalue weighted by atomic mass is 10.0. The maximum atomic E-state index is 13.1. The van der Waals surface area contributed by atoms with Gasteiger partial charge in [0.05, 0.1) is 11.3 Å². The van der Waals surface area contributed by atoms with Crippen LogP contribution in [-0.2, 0) is 12.6 Å². The van der Waals surface area contributed by atoms with E-state index >= 15 is 0 Å². The van der Waals surface area contributed by atoms with Crippen LogP contribution < -0.4 is 4.90 Å². The average molecular weight is 385 g/mol. The van der Waals surface area contributed by atoms with E-state index in [9.17, 15) is 18.0 Å². The summed E-state index contributed by atoms with van der Waals surface area (Å²) in [5, 5.41) is 4.31. The molecule has 1 aliphatic rings. The first-order valence-electron chi connectivity index (χ1n) is 8.98. The zero-order chi connectivity index (χ0) is 19.9. The first-order valence-corrected chi connectivity index (χ1v) is 8.98. The van der Waals surface area contributed by atoms with Gasteiger partial charge in [0.1, 0.15) is 0 Å². The van der Waals surface area contributed by atoms with E-state index in [1.54, 1.807) is 24.0 Å². The van der Waals surface area contributed by atoms with E-state index in [-0.39, 0.29) is 17.3 Å². The summed E-state index contributed by atoms with van der Waals surface area (Å²) >= 11 is 0. The summed E-state index contributed by atoms with van der Waals surface area (Å²) in [7, 11) is 0. The molecule has 2 aromatic carbocycles. The molecule has 3 aromatic rings. The van der Waals surface area contributed by atoms with Gasteiger partial charge in [-0.15, -0.1) is 0 Å². The van der Waals surface area contributed by atoms with Crippen LogP contribution >= 0.6 is 0 Å². The lowest BCUT2D eigenvalue weighted by Crippen LogP contribution is -2.35. The van der Waals surface area contributed by atoms with Crippen molar-refractivity contribution in [3.63, 3.8) is 0 Å². The number of alkyl halides is 3. The Morgan fingerprint density at radius 3 is 2.64 bits per heavy atom. The van der Waals surface area contributed by atoms with Crippen LogP contribution in [0.25, 0.3) is 5.69 Å². The second-order valence-corrected chi connectivity index (χ2v) is 6.82. The summed E-state index contributed by atoms with van der Waals surface area (Å²) in [6, 6.07) is 14.3. The SMILES string of the molecule is Cc1cc(C(=O)N2CCCc3ccccc32)nn1-c1cccc(C(F)(F)F)c1. The number of rotatable bonds is 2. The van der Waals surface area contributed by atoms with Crippen LogP contribution in [0.4, 0.5) is 18.9 Å². The van der Waals surface area contributed by atoms with Gasteiger partial charge in [0.15, 0.2) is 5.69 Å². The van der Waals surface area contributed by atoms with Gasteiger partial charge in [-0.2, -0.15) is 18.3 Å². The monoisotopic (exact) mass is 385 g/mol. The Morgan fingerprint density at radius 2 is 1.86 bits per heavy atom. The number of fused-ring (bicyclic) bond motifs is 1. The Hall–Kier alpha value is -3.09. The molecule has 0 saturated heterocycles. The van der Waals surface area contributed by atoms with Gasteiger partial charge in [0.25, 0.3) is 5.91 Å². The topological polar surface area (TPSA) is 38.1 Å². The number of halogens is 3. The van der Waals surface area contributed by atoms with Crippen molar-refractivity contribution in [2.45, 2.75) is 25.9 Å². The summed E-state index contributed by atoms with van der Waals surface area (Å²) in [6.07, 6.45) is -2.67. The summed E-state index contributed by atoms with van der Waals surface area (Å²) in [5.74, 6) is -0.249. The highest BCUT2D eigenvalue weighted by Gasteiger charge is 2.31. The highest BCUT2D eigenvalue weighted by Crippen LogP contribution is 2.31. The molecule has 4 nitrogen and oxygen atoms in total. The number of anilines is 1. The first-order chi connectivity index (χ1) is 13.3. The Labute approximate surface area is 160 Å². The van der Waals surface area contributed by atoms with Crippen LogP contribution in [0.2, 0.25) is 0 Å². The second kappa shape index (κ2) is 6.82. The van der Waals surface area contributed by atoms with Gasteiger partial charge < -0.3 is 4.90 Å². The maximum absolute atomic E-state index is 13.1. The number of carbonyl (C=O) groups excluding carboxylic acids is 1. The number of carbonyl (C=O) groups is 1. The molecule has 0 atom stereocenters. The standard InChI is InChI=1S/C21H18F3N3O/c1-14-12-18(20(28)26-11-5-7-15-6-2-3-10-19(15)26)25-27(14)17-9-4-8-16(13-17)21(22,23)24/h2-4,6,8-10,12-13H,5,7,11H2,1H3. The van der Waals surface area contributed by atoms with Crippen molar-refractivity contribution < 1.29 is 18.0 Å². The van der Waals surface area contributed by atoms with E-state index < -0.39 is 11.7 Å². The third-order valence-corrected chi connectivity index (χ3v) is 4.88. The second-order valence-electron chi connectivity index (χ2n) is 6.82. The van der Waals surface area contributed by atoms with Gasteiger partial charge in [-0.05, 0) is 55.7 Å². The van der Waals surface area contributed by atoms with Gasteiger partial charge in [-0.25, -0.2) is 4.68 Å². The van der Waals surface area contributed by atoms with Crippen molar-refractivity contribution in [3.8, 4) is 5.69 Å². The molecule has 144 valence electrons. The maximum Gasteiger partial charge on any atom is 0.416 e. The van der Waals surface area contributed by atoms with E-state index in [1.807, 2.05) is 24.3 Å². The summed E-state index contributed by atoms with van der Waals surface area (Å²) < 4.78 is 40.4. The minimum atomic E-state index is -4.44. The summed E-state index contributed by atoms with van der Waals surface area (Å²) in [6.45, 7) is 2.31. The molecular weight excluding hydrogens is 367 g/mol. The number of amides is 1. The van der Waals surface area contributed by atoms with Gasteiger partial charge in [-0.3, -0.25) is 4.79 Å². The number of para-hydroxylation sites is 1. The number of aromatic nitrogens is 2. The number of benzene rings is 2. The van der Waals surface area contributed by atoms with E-state index in [0.717, 1.165) is 36.2 Å². The van der Waals surface area contributed by atoms with Crippen molar-refractivity contribution in [2.24, 2.45) is 0 Å². The third kappa shape index (κ3) is 3.28. The minimum absolute atomic E-state index is 0.214. The molecule has 0 N–H and O–H groups in total. The molecule has 28 heavy (non-hydrogen) atoms.